The summed E-state index contributed by atoms with van der Waals surface area (Å²) in [5, 5.41) is 0. The largest absolute Gasteiger partial charge is 0.462 e. The lowest BCUT2D eigenvalue weighted by atomic mass is 10.1. The Balaban J connectivity index is 4.58. The first-order valence-corrected chi connectivity index (χ1v) is 27.7. The summed E-state index contributed by atoms with van der Waals surface area (Å²) in [6.45, 7) is 6.31. The normalized spacial score (nSPS) is 13.1. The van der Waals surface area contributed by atoms with Crippen LogP contribution in [0.15, 0.2) is 134 Å². The minimum atomic E-state index is -0.830. The molecular formula is C63H100O6. The predicted octanol–water partition coefficient (Wildman–Crippen LogP) is 18.6. The fourth-order valence-corrected chi connectivity index (χ4v) is 7.03. The van der Waals surface area contributed by atoms with Crippen molar-refractivity contribution in [1.29, 1.82) is 0 Å². The maximum absolute atomic E-state index is 12.8. The van der Waals surface area contributed by atoms with Crippen molar-refractivity contribution in [3.05, 3.63) is 134 Å². The fourth-order valence-electron chi connectivity index (χ4n) is 7.03. The van der Waals surface area contributed by atoms with Gasteiger partial charge in [-0.1, -0.05) is 212 Å². The summed E-state index contributed by atoms with van der Waals surface area (Å²) < 4.78 is 16.8. The summed E-state index contributed by atoms with van der Waals surface area (Å²) in [5.41, 5.74) is 0. The Kier molecular flexibility index (Phi) is 52.5. The van der Waals surface area contributed by atoms with Crippen molar-refractivity contribution < 1.29 is 28.6 Å². The van der Waals surface area contributed by atoms with E-state index < -0.39 is 6.10 Å². The molecule has 6 heteroatoms. The number of carbonyl (C=O) groups excluding carboxylic acids is 3. The molecule has 69 heavy (non-hydrogen) atoms. The van der Waals surface area contributed by atoms with Gasteiger partial charge in [-0.05, 0) is 128 Å². The van der Waals surface area contributed by atoms with Gasteiger partial charge in [0.05, 0.1) is 0 Å². The van der Waals surface area contributed by atoms with Gasteiger partial charge in [-0.15, -0.1) is 0 Å². The van der Waals surface area contributed by atoms with E-state index >= 15 is 0 Å². The Morgan fingerprint density at radius 2 is 0.580 bits per heavy atom. The van der Waals surface area contributed by atoms with Gasteiger partial charge in [0.25, 0.3) is 0 Å². The van der Waals surface area contributed by atoms with Crippen LogP contribution in [0, 0.1) is 0 Å². The van der Waals surface area contributed by atoms with Gasteiger partial charge in [0.1, 0.15) is 13.2 Å². The third-order valence-electron chi connectivity index (χ3n) is 11.1. The van der Waals surface area contributed by atoms with E-state index in [-0.39, 0.29) is 37.5 Å². The van der Waals surface area contributed by atoms with Gasteiger partial charge in [-0.25, -0.2) is 0 Å². The van der Waals surface area contributed by atoms with Crippen LogP contribution >= 0.6 is 0 Å². The number of allylic oxidation sites excluding steroid dienone is 22. The molecule has 0 aromatic rings. The molecule has 0 aromatic carbocycles. The third kappa shape index (κ3) is 54.4. The van der Waals surface area contributed by atoms with E-state index in [2.05, 4.69) is 154 Å². The monoisotopic (exact) mass is 953 g/mol. The molecule has 0 heterocycles. The van der Waals surface area contributed by atoms with E-state index in [1.165, 1.54) is 51.4 Å². The van der Waals surface area contributed by atoms with Gasteiger partial charge in [0, 0.05) is 19.3 Å². The van der Waals surface area contributed by atoms with Crippen LogP contribution in [-0.2, 0) is 28.6 Å². The molecule has 0 saturated heterocycles. The minimum Gasteiger partial charge on any atom is -0.462 e. The number of unbranched alkanes of at least 4 members (excludes halogenated alkanes) is 15. The fraction of sp³-hybridized carbons (Fsp3) is 0.603. The predicted molar refractivity (Wildman–Crippen MR) is 297 cm³/mol. The SMILES string of the molecule is CC/C=C\C/C=C\C/C=C\C/C=C\C/C=C\CCCCCC(=O)OC[C@@H](COC(=O)CCCCCCC/C=C\CCCCCCCC)OC(=O)CCC/C=C\C/C=C\C/C=C\C/C=C\C/C=C\CC. The highest BCUT2D eigenvalue weighted by Gasteiger charge is 2.19. The number of ether oxygens (including phenoxy) is 3. The lowest BCUT2D eigenvalue weighted by Crippen LogP contribution is -2.30. The molecule has 0 aliphatic carbocycles. The molecule has 0 aromatic heterocycles. The Labute approximate surface area is 424 Å². The summed E-state index contributed by atoms with van der Waals surface area (Å²) >= 11 is 0. The van der Waals surface area contributed by atoms with Gasteiger partial charge in [0.15, 0.2) is 6.10 Å². The highest BCUT2D eigenvalue weighted by atomic mass is 16.6. The van der Waals surface area contributed by atoms with Crippen molar-refractivity contribution >= 4 is 17.9 Å². The first-order chi connectivity index (χ1) is 34.0. The zero-order chi connectivity index (χ0) is 50.0. The summed E-state index contributed by atoms with van der Waals surface area (Å²) in [5.74, 6) is -1.03. The van der Waals surface area contributed by atoms with Crippen LogP contribution in [0.1, 0.15) is 226 Å². The number of rotatable bonds is 48. The Morgan fingerprint density at radius 1 is 0.304 bits per heavy atom. The standard InChI is InChI=1S/C63H100O6/c1-4-7-10-13-16-19-22-25-28-30-31-33-35-38-41-44-47-50-53-56-62(65)68-59-60(58-67-61(64)55-52-49-46-43-40-37-34-27-24-21-18-15-12-9-6-3)69-63(66)57-54-51-48-45-42-39-36-32-29-26-23-20-17-14-11-8-5-2/h7-8,10-11,16-17,19-20,25-29,31,33-34,36,38-39,41,45,48,60H,4-6,9,12-15,18,21-24,30,32,35,37,40,42-44,46-47,49-59H2,1-3H3/b10-7-,11-8-,19-16-,20-17-,28-25-,29-26-,33-31-,34-27-,39-36-,41-38-,48-45-/t60-/m1/s1. The zero-order valence-electron chi connectivity index (χ0n) is 44.3. The molecule has 0 N–H and O–H groups in total. The van der Waals surface area contributed by atoms with Crippen LogP contribution in [0.4, 0.5) is 0 Å². The van der Waals surface area contributed by atoms with Crippen molar-refractivity contribution in [2.24, 2.45) is 0 Å². The highest BCUT2D eigenvalue weighted by molar-refractivity contribution is 5.71. The second-order valence-corrected chi connectivity index (χ2v) is 17.7. The number of esters is 3. The molecule has 1 atom stereocenters. The molecule has 6 nitrogen and oxygen atoms in total. The van der Waals surface area contributed by atoms with Gasteiger partial charge < -0.3 is 14.2 Å². The minimum absolute atomic E-state index is 0.120. The molecule has 0 radical (unpaired) electrons. The second-order valence-electron chi connectivity index (χ2n) is 17.7. The first kappa shape index (κ1) is 64.5. The molecule has 388 valence electrons. The number of carbonyl (C=O) groups is 3. The molecule has 0 aliphatic rings. The molecule has 0 spiro atoms. The van der Waals surface area contributed by atoms with E-state index in [9.17, 15) is 14.4 Å². The molecule has 0 fully saturated rings. The van der Waals surface area contributed by atoms with Gasteiger partial charge in [-0.2, -0.15) is 0 Å². The summed E-state index contributed by atoms with van der Waals surface area (Å²) in [4.78, 5) is 38.1. The lowest BCUT2D eigenvalue weighted by molar-refractivity contribution is -0.167. The van der Waals surface area contributed by atoms with Gasteiger partial charge >= 0.3 is 17.9 Å². The highest BCUT2D eigenvalue weighted by Crippen LogP contribution is 2.12. The van der Waals surface area contributed by atoms with Crippen LogP contribution in [0.3, 0.4) is 0 Å². The van der Waals surface area contributed by atoms with Crippen molar-refractivity contribution in [2.45, 2.75) is 232 Å². The smallest absolute Gasteiger partial charge is 0.306 e. The first-order valence-electron chi connectivity index (χ1n) is 27.7. The Morgan fingerprint density at radius 3 is 0.957 bits per heavy atom. The summed E-state index contributed by atoms with van der Waals surface area (Å²) in [7, 11) is 0. The zero-order valence-corrected chi connectivity index (χ0v) is 44.3. The van der Waals surface area contributed by atoms with Crippen molar-refractivity contribution in [2.75, 3.05) is 13.2 Å². The van der Waals surface area contributed by atoms with E-state index in [1.54, 1.807) is 0 Å². The summed E-state index contributed by atoms with van der Waals surface area (Å²) in [6.07, 6.45) is 78.7. The summed E-state index contributed by atoms with van der Waals surface area (Å²) in [6, 6.07) is 0. The number of hydrogen-bond donors (Lipinski definition) is 0. The second kappa shape index (κ2) is 56.1. The van der Waals surface area contributed by atoms with E-state index in [0.29, 0.717) is 19.3 Å². The Bertz CT molecular complexity index is 1510. The molecule has 0 rings (SSSR count). The van der Waals surface area contributed by atoms with Crippen LogP contribution in [0.5, 0.6) is 0 Å². The average Bonchev–Trinajstić information content (AvgIpc) is 3.35. The number of hydrogen-bond acceptors (Lipinski definition) is 6. The molecule has 0 bridgehead atoms. The van der Waals surface area contributed by atoms with Crippen molar-refractivity contribution in [3.8, 4) is 0 Å². The molecule has 0 aliphatic heterocycles. The van der Waals surface area contributed by atoms with Crippen LogP contribution in [0.25, 0.3) is 0 Å². The quantitative estimate of drug-likeness (QED) is 0.0262. The third-order valence-corrected chi connectivity index (χ3v) is 11.1. The van der Waals surface area contributed by atoms with Gasteiger partial charge in [0.2, 0.25) is 0 Å². The molecule has 0 amide bonds. The topological polar surface area (TPSA) is 78.9 Å². The van der Waals surface area contributed by atoms with E-state index in [4.69, 9.17) is 14.2 Å². The molecular weight excluding hydrogens is 853 g/mol. The lowest BCUT2D eigenvalue weighted by Gasteiger charge is -2.18. The van der Waals surface area contributed by atoms with Gasteiger partial charge in [-0.3, -0.25) is 14.4 Å². The van der Waals surface area contributed by atoms with E-state index in [1.807, 2.05) is 0 Å². The Hall–Kier alpha value is -4.45. The maximum atomic E-state index is 12.8. The average molecular weight is 953 g/mol. The van der Waals surface area contributed by atoms with Crippen LogP contribution < -0.4 is 0 Å². The van der Waals surface area contributed by atoms with Crippen molar-refractivity contribution in [1.82, 2.24) is 0 Å². The van der Waals surface area contributed by atoms with Crippen LogP contribution in [0.2, 0.25) is 0 Å². The van der Waals surface area contributed by atoms with E-state index in [0.717, 1.165) is 128 Å². The van der Waals surface area contributed by atoms with Crippen molar-refractivity contribution in [3.63, 3.8) is 0 Å². The van der Waals surface area contributed by atoms with Crippen LogP contribution in [-0.4, -0.2) is 37.2 Å². The molecule has 0 saturated carbocycles. The maximum Gasteiger partial charge on any atom is 0.306 e. The molecule has 0 unspecified atom stereocenters.